The molecule has 4 heteroatoms. The molecule has 3 aromatic rings. The third-order valence-corrected chi connectivity index (χ3v) is 3.78. The van der Waals surface area contributed by atoms with Gasteiger partial charge in [-0.15, -0.1) is 11.6 Å². The summed E-state index contributed by atoms with van der Waals surface area (Å²) >= 11 is 5.96. The molecule has 0 aliphatic rings. The van der Waals surface area contributed by atoms with Gasteiger partial charge in [0.2, 0.25) is 0 Å². The summed E-state index contributed by atoms with van der Waals surface area (Å²) < 4.78 is 2.26. The monoisotopic (exact) mass is 299 g/mol. The molecule has 0 fully saturated rings. The molecule has 0 N–H and O–H groups in total. The highest BCUT2D eigenvalue weighted by atomic mass is 35.5. The van der Waals surface area contributed by atoms with Crippen LogP contribution in [0.3, 0.4) is 0 Å². The number of nitrogens with zero attached hydrogens (tertiary/aromatic N) is 3. The molecule has 0 bridgehead atoms. The third-order valence-electron chi connectivity index (χ3n) is 3.47. The normalized spacial score (nSPS) is 12.0. The van der Waals surface area contributed by atoms with E-state index in [0.717, 1.165) is 28.0 Å². The van der Waals surface area contributed by atoms with Crippen molar-refractivity contribution in [3.63, 3.8) is 0 Å². The molecule has 2 aromatic heterocycles. The standard InChI is InChI=1S/C17H18ClN3/c1-17(2,3)21-15-7-8-19-11-14(15)20-16(21)13-6-4-5-12(9-13)10-18/h4-9,11H,10H2,1-3H3. The molecule has 21 heavy (non-hydrogen) atoms. The molecular weight excluding hydrogens is 282 g/mol. The number of hydrogen-bond acceptors (Lipinski definition) is 2. The van der Waals surface area contributed by atoms with Crippen LogP contribution in [0.2, 0.25) is 0 Å². The van der Waals surface area contributed by atoms with Crippen molar-refractivity contribution in [2.24, 2.45) is 0 Å². The number of fused-ring (bicyclic) bond motifs is 1. The maximum absolute atomic E-state index is 5.96. The average molecular weight is 300 g/mol. The van der Waals surface area contributed by atoms with Crippen LogP contribution in [-0.4, -0.2) is 14.5 Å². The molecule has 0 amide bonds. The lowest BCUT2D eigenvalue weighted by atomic mass is 10.1. The predicted molar refractivity (Wildman–Crippen MR) is 87.5 cm³/mol. The van der Waals surface area contributed by atoms with Crippen LogP contribution in [0, 0.1) is 0 Å². The molecular formula is C17H18ClN3. The van der Waals surface area contributed by atoms with Crippen molar-refractivity contribution in [2.45, 2.75) is 32.2 Å². The lowest BCUT2D eigenvalue weighted by Gasteiger charge is -2.24. The number of aromatic nitrogens is 3. The number of pyridine rings is 1. The Balaban J connectivity index is 2.31. The second kappa shape index (κ2) is 5.15. The number of benzene rings is 1. The summed E-state index contributed by atoms with van der Waals surface area (Å²) in [5, 5.41) is 0. The van der Waals surface area contributed by atoms with Gasteiger partial charge in [-0.05, 0) is 38.5 Å². The molecule has 0 spiro atoms. The SMILES string of the molecule is CC(C)(C)n1c(-c2cccc(CCl)c2)nc2cnccc21. The molecule has 108 valence electrons. The van der Waals surface area contributed by atoms with E-state index in [1.807, 2.05) is 30.6 Å². The zero-order valence-corrected chi connectivity index (χ0v) is 13.2. The molecule has 0 radical (unpaired) electrons. The fourth-order valence-corrected chi connectivity index (χ4v) is 2.76. The Bertz CT molecular complexity index is 784. The van der Waals surface area contributed by atoms with E-state index in [4.69, 9.17) is 16.6 Å². The van der Waals surface area contributed by atoms with Crippen LogP contribution < -0.4 is 0 Å². The van der Waals surface area contributed by atoms with E-state index < -0.39 is 0 Å². The Morgan fingerprint density at radius 3 is 2.71 bits per heavy atom. The first kappa shape index (κ1) is 14.1. The highest BCUT2D eigenvalue weighted by Crippen LogP contribution is 2.31. The fourth-order valence-electron chi connectivity index (χ4n) is 2.60. The van der Waals surface area contributed by atoms with Crippen LogP contribution in [0.25, 0.3) is 22.4 Å². The van der Waals surface area contributed by atoms with Crippen LogP contribution in [0.4, 0.5) is 0 Å². The highest BCUT2D eigenvalue weighted by molar-refractivity contribution is 6.17. The van der Waals surface area contributed by atoms with Crippen molar-refractivity contribution in [1.82, 2.24) is 14.5 Å². The number of hydrogen-bond donors (Lipinski definition) is 0. The van der Waals surface area contributed by atoms with Crippen molar-refractivity contribution in [1.29, 1.82) is 0 Å². The Hall–Kier alpha value is -1.87. The van der Waals surface area contributed by atoms with E-state index in [2.05, 4.69) is 42.5 Å². The Morgan fingerprint density at radius 1 is 1.19 bits per heavy atom. The van der Waals surface area contributed by atoms with Crippen LogP contribution in [0.1, 0.15) is 26.3 Å². The molecule has 0 saturated heterocycles. The molecule has 0 unspecified atom stereocenters. The molecule has 0 aliphatic carbocycles. The van der Waals surface area contributed by atoms with Crippen molar-refractivity contribution >= 4 is 22.6 Å². The first-order chi connectivity index (χ1) is 10.0. The van der Waals surface area contributed by atoms with Crippen molar-refractivity contribution in [3.8, 4) is 11.4 Å². The zero-order chi connectivity index (χ0) is 15.0. The Kier molecular flexibility index (Phi) is 3.46. The molecule has 2 heterocycles. The summed E-state index contributed by atoms with van der Waals surface area (Å²) in [6.07, 6.45) is 3.62. The van der Waals surface area contributed by atoms with E-state index in [9.17, 15) is 0 Å². The second-order valence-corrected chi connectivity index (χ2v) is 6.41. The van der Waals surface area contributed by atoms with E-state index >= 15 is 0 Å². The molecule has 0 aliphatic heterocycles. The van der Waals surface area contributed by atoms with Crippen molar-refractivity contribution < 1.29 is 0 Å². The summed E-state index contributed by atoms with van der Waals surface area (Å²) in [6, 6.07) is 10.2. The van der Waals surface area contributed by atoms with Crippen molar-refractivity contribution in [2.75, 3.05) is 0 Å². The zero-order valence-electron chi connectivity index (χ0n) is 12.5. The summed E-state index contributed by atoms with van der Waals surface area (Å²) in [4.78, 5) is 8.96. The van der Waals surface area contributed by atoms with E-state index in [1.54, 1.807) is 0 Å². The summed E-state index contributed by atoms with van der Waals surface area (Å²) in [7, 11) is 0. The van der Waals surface area contributed by atoms with Gasteiger partial charge in [-0.2, -0.15) is 0 Å². The first-order valence-electron chi connectivity index (χ1n) is 6.99. The first-order valence-corrected chi connectivity index (χ1v) is 7.52. The van der Waals surface area contributed by atoms with Gasteiger partial charge in [0.25, 0.3) is 0 Å². The smallest absolute Gasteiger partial charge is 0.141 e. The van der Waals surface area contributed by atoms with Gasteiger partial charge in [0.15, 0.2) is 0 Å². The topological polar surface area (TPSA) is 30.7 Å². The second-order valence-electron chi connectivity index (χ2n) is 6.14. The van der Waals surface area contributed by atoms with Crippen molar-refractivity contribution in [3.05, 3.63) is 48.3 Å². The van der Waals surface area contributed by atoms with Gasteiger partial charge in [0, 0.05) is 23.2 Å². The lowest BCUT2D eigenvalue weighted by Crippen LogP contribution is -2.22. The van der Waals surface area contributed by atoms with Gasteiger partial charge in [0.05, 0.1) is 11.7 Å². The summed E-state index contributed by atoms with van der Waals surface area (Å²) in [5.41, 5.74) is 4.13. The third kappa shape index (κ3) is 2.54. The Morgan fingerprint density at radius 2 is 2.00 bits per heavy atom. The number of alkyl halides is 1. The minimum absolute atomic E-state index is 0.0671. The average Bonchev–Trinajstić information content (AvgIpc) is 2.86. The molecule has 0 saturated carbocycles. The number of rotatable bonds is 2. The van der Waals surface area contributed by atoms with Crippen LogP contribution in [-0.2, 0) is 11.4 Å². The highest BCUT2D eigenvalue weighted by Gasteiger charge is 2.22. The maximum Gasteiger partial charge on any atom is 0.141 e. The van der Waals surface area contributed by atoms with Gasteiger partial charge in [-0.3, -0.25) is 4.98 Å². The van der Waals surface area contributed by atoms with Gasteiger partial charge in [-0.25, -0.2) is 4.98 Å². The number of imidazole rings is 1. The largest absolute Gasteiger partial charge is 0.318 e. The summed E-state index contributed by atoms with van der Waals surface area (Å²) in [6.45, 7) is 6.55. The minimum atomic E-state index is -0.0671. The van der Waals surface area contributed by atoms with Crippen LogP contribution in [0.15, 0.2) is 42.7 Å². The number of halogens is 1. The molecule has 3 nitrogen and oxygen atoms in total. The maximum atomic E-state index is 5.96. The molecule has 0 atom stereocenters. The fraction of sp³-hybridized carbons (Fsp3) is 0.294. The van der Waals surface area contributed by atoms with E-state index in [0.29, 0.717) is 5.88 Å². The van der Waals surface area contributed by atoms with Gasteiger partial charge in [-0.1, -0.05) is 18.2 Å². The quantitative estimate of drug-likeness (QED) is 0.648. The summed E-state index contributed by atoms with van der Waals surface area (Å²) in [5.74, 6) is 1.46. The van der Waals surface area contributed by atoms with E-state index in [-0.39, 0.29) is 5.54 Å². The van der Waals surface area contributed by atoms with E-state index in [1.165, 1.54) is 0 Å². The minimum Gasteiger partial charge on any atom is -0.318 e. The predicted octanol–water partition coefficient (Wildman–Crippen LogP) is 4.59. The lowest BCUT2D eigenvalue weighted by molar-refractivity contribution is 0.413. The molecule has 3 rings (SSSR count). The van der Waals surface area contributed by atoms with Gasteiger partial charge < -0.3 is 4.57 Å². The van der Waals surface area contributed by atoms with Gasteiger partial charge >= 0.3 is 0 Å². The Labute approximate surface area is 129 Å². The van der Waals surface area contributed by atoms with Gasteiger partial charge in [0.1, 0.15) is 11.3 Å². The van der Waals surface area contributed by atoms with Crippen LogP contribution in [0.5, 0.6) is 0 Å². The van der Waals surface area contributed by atoms with Crippen LogP contribution >= 0.6 is 11.6 Å². The molecule has 1 aromatic carbocycles.